The van der Waals surface area contributed by atoms with Gasteiger partial charge in [-0.05, 0) is 27.2 Å². The van der Waals surface area contributed by atoms with Crippen LogP contribution in [0.25, 0.3) is 0 Å². The minimum atomic E-state index is -0.0246. The van der Waals surface area contributed by atoms with E-state index in [1.54, 1.807) is 11.8 Å². The lowest BCUT2D eigenvalue weighted by molar-refractivity contribution is -0.128. The molecule has 0 aliphatic carbocycles. The van der Waals surface area contributed by atoms with Crippen LogP contribution in [0.3, 0.4) is 0 Å². The normalized spacial score (nSPS) is 10.2. The predicted octanol–water partition coefficient (Wildman–Crippen LogP) is 1.18. The lowest BCUT2D eigenvalue weighted by Crippen LogP contribution is -2.38. The molecule has 0 aliphatic rings. The fraction of sp³-hybridized carbons (Fsp3) is 0.700. The molecule has 76 valence electrons. The lowest BCUT2D eigenvalue weighted by Gasteiger charge is -2.26. The molecular formula is C10H19NO2. The number of hydrogen-bond acceptors (Lipinski definition) is 2. The molecule has 0 atom stereocenters. The van der Waals surface area contributed by atoms with Crippen LogP contribution in [0, 0.1) is 0 Å². The fourth-order valence-electron chi connectivity index (χ4n) is 1.08. The van der Waals surface area contributed by atoms with Crippen LogP contribution in [0.5, 0.6) is 0 Å². The zero-order valence-corrected chi connectivity index (χ0v) is 8.71. The van der Waals surface area contributed by atoms with E-state index in [0.29, 0.717) is 18.5 Å². The van der Waals surface area contributed by atoms with Gasteiger partial charge in [0.05, 0.1) is 0 Å². The summed E-state index contributed by atoms with van der Waals surface area (Å²) in [5.41, 5.74) is 0.548. The summed E-state index contributed by atoms with van der Waals surface area (Å²) in [5, 5.41) is 8.66. The first-order valence-corrected chi connectivity index (χ1v) is 4.58. The number of carbonyl (C=O) groups is 1. The average molecular weight is 185 g/mol. The van der Waals surface area contributed by atoms with E-state index in [-0.39, 0.29) is 18.6 Å². The Hall–Kier alpha value is -0.830. The number of amides is 1. The molecule has 0 heterocycles. The molecule has 0 unspecified atom stereocenters. The number of aliphatic hydroxyl groups is 1. The minimum Gasteiger partial charge on any atom is -0.396 e. The second-order valence-electron chi connectivity index (χ2n) is 3.45. The Balaban J connectivity index is 4.24. The summed E-state index contributed by atoms with van der Waals surface area (Å²) < 4.78 is 0. The summed E-state index contributed by atoms with van der Waals surface area (Å²) in [6.45, 7) is 9.95. The van der Waals surface area contributed by atoms with Crippen molar-refractivity contribution in [1.29, 1.82) is 0 Å². The lowest BCUT2D eigenvalue weighted by atomic mass is 10.2. The van der Waals surface area contributed by atoms with Crippen LogP contribution >= 0.6 is 0 Å². The van der Waals surface area contributed by atoms with Crippen LogP contribution in [-0.2, 0) is 4.79 Å². The molecule has 0 aromatic rings. The molecule has 3 nitrogen and oxygen atoms in total. The van der Waals surface area contributed by atoms with E-state index in [1.807, 2.05) is 13.8 Å². The highest BCUT2D eigenvalue weighted by Gasteiger charge is 2.16. The summed E-state index contributed by atoms with van der Waals surface area (Å²) in [5.74, 6) is -0.0246. The second-order valence-corrected chi connectivity index (χ2v) is 3.45. The highest BCUT2D eigenvalue weighted by atomic mass is 16.3. The molecule has 0 rings (SSSR count). The zero-order valence-electron chi connectivity index (χ0n) is 8.71. The maximum atomic E-state index is 11.5. The smallest absolute Gasteiger partial charge is 0.249 e. The Morgan fingerprint density at radius 2 is 2.08 bits per heavy atom. The molecule has 0 saturated heterocycles. The van der Waals surface area contributed by atoms with E-state index in [1.165, 1.54) is 0 Å². The van der Waals surface area contributed by atoms with Crippen molar-refractivity contribution in [3.63, 3.8) is 0 Å². The van der Waals surface area contributed by atoms with E-state index < -0.39 is 0 Å². The summed E-state index contributed by atoms with van der Waals surface area (Å²) in [6, 6.07) is 0.163. The van der Waals surface area contributed by atoms with Crippen LogP contribution in [-0.4, -0.2) is 35.1 Å². The Kier molecular flexibility index (Phi) is 5.39. The van der Waals surface area contributed by atoms with Crippen molar-refractivity contribution in [2.75, 3.05) is 13.2 Å². The Morgan fingerprint density at radius 3 is 2.38 bits per heavy atom. The van der Waals surface area contributed by atoms with E-state index in [9.17, 15) is 4.79 Å². The van der Waals surface area contributed by atoms with Gasteiger partial charge in [-0.3, -0.25) is 4.79 Å². The zero-order chi connectivity index (χ0) is 10.4. The Bertz CT molecular complexity index is 187. The largest absolute Gasteiger partial charge is 0.396 e. The fourth-order valence-corrected chi connectivity index (χ4v) is 1.08. The van der Waals surface area contributed by atoms with Crippen LogP contribution in [0.15, 0.2) is 12.2 Å². The van der Waals surface area contributed by atoms with Gasteiger partial charge in [-0.15, -0.1) is 0 Å². The third-order valence-corrected chi connectivity index (χ3v) is 1.81. The minimum absolute atomic E-state index is 0.0246. The Morgan fingerprint density at radius 1 is 1.54 bits per heavy atom. The van der Waals surface area contributed by atoms with E-state index in [2.05, 4.69) is 6.58 Å². The first-order chi connectivity index (χ1) is 6.00. The molecule has 0 saturated carbocycles. The SMILES string of the molecule is C=C(C)C(=O)N(CCCO)C(C)C. The Labute approximate surface area is 80.0 Å². The third kappa shape index (κ3) is 4.08. The van der Waals surface area contributed by atoms with E-state index in [4.69, 9.17) is 5.11 Å². The molecule has 1 amide bonds. The van der Waals surface area contributed by atoms with Gasteiger partial charge in [0.15, 0.2) is 0 Å². The number of nitrogens with zero attached hydrogens (tertiary/aromatic N) is 1. The number of rotatable bonds is 5. The summed E-state index contributed by atoms with van der Waals surface area (Å²) >= 11 is 0. The highest BCUT2D eigenvalue weighted by molar-refractivity contribution is 5.92. The number of hydrogen-bond donors (Lipinski definition) is 1. The van der Waals surface area contributed by atoms with Gasteiger partial charge in [-0.25, -0.2) is 0 Å². The molecule has 0 fully saturated rings. The standard InChI is InChI=1S/C10H19NO2/c1-8(2)10(13)11(9(3)4)6-5-7-12/h9,12H,1,5-7H2,2-4H3. The predicted molar refractivity (Wildman–Crippen MR) is 53.4 cm³/mol. The van der Waals surface area contributed by atoms with Crippen LogP contribution in [0.2, 0.25) is 0 Å². The first kappa shape index (κ1) is 12.2. The molecule has 0 bridgehead atoms. The van der Waals surface area contributed by atoms with Gasteiger partial charge in [-0.2, -0.15) is 0 Å². The van der Waals surface area contributed by atoms with Crippen molar-refractivity contribution in [1.82, 2.24) is 4.90 Å². The van der Waals surface area contributed by atoms with Crippen LogP contribution in [0.1, 0.15) is 27.2 Å². The monoisotopic (exact) mass is 185 g/mol. The molecule has 0 aliphatic heterocycles. The molecule has 0 spiro atoms. The van der Waals surface area contributed by atoms with Crippen molar-refractivity contribution in [3.05, 3.63) is 12.2 Å². The molecule has 3 heteroatoms. The quantitative estimate of drug-likeness (QED) is 0.653. The summed E-state index contributed by atoms with van der Waals surface area (Å²) in [6.07, 6.45) is 0.622. The second kappa shape index (κ2) is 5.75. The number of carbonyl (C=O) groups excluding carboxylic acids is 1. The van der Waals surface area contributed by atoms with Crippen molar-refractivity contribution in [2.45, 2.75) is 33.2 Å². The molecule has 0 aromatic carbocycles. The van der Waals surface area contributed by atoms with Gasteiger partial charge in [0.2, 0.25) is 5.91 Å². The van der Waals surface area contributed by atoms with Gasteiger partial charge in [0.25, 0.3) is 0 Å². The van der Waals surface area contributed by atoms with Crippen molar-refractivity contribution in [2.24, 2.45) is 0 Å². The van der Waals surface area contributed by atoms with Crippen LogP contribution < -0.4 is 0 Å². The van der Waals surface area contributed by atoms with Crippen molar-refractivity contribution < 1.29 is 9.90 Å². The van der Waals surface area contributed by atoms with Gasteiger partial charge in [0.1, 0.15) is 0 Å². The molecule has 13 heavy (non-hydrogen) atoms. The number of aliphatic hydroxyl groups excluding tert-OH is 1. The summed E-state index contributed by atoms with van der Waals surface area (Å²) in [4.78, 5) is 13.3. The first-order valence-electron chi connectivity index (χ1n) is 4.58. The van der Waals surface area contributed by atoms with Gasteiger partial charge < -0.3 is 10.0 Å². The highest BCUT2D eigenvalue weighted by Crippen LogP contribution is 2.05. The molecular weight excluding hydrogens is 166 g/mol. The topological polar surface area (TPSA) is 40.5 Å². The van der Waals surface area contributed by atoms with Gasteiger partial charge in [-0.1, -0.05) is 6.58 Å². The third-order valence-electron chi connectivity index (χ3n) is 1.81. The maximum Gasteiger partial charge on any atom is 0.249 e. The molecule has 0 aromatic heterocycles. The average Bonchev–Trinajstić information content (AvgIpc) is 2.04. The van der Waals surface area contributed by atoms with Gasteiger partial charge >= 0.3 is 0 Å². The maximum absolute atomic E-state index is 11.5. The molecule has 1 N–H and O–H groups in total. The molecule has 0 radical (unpaired) electrons. The van der Waals surface area contributed by atoms with E-state index in [0.717, 1.165) is 0 Å². The van der Waals surface area contributed by atoms with E-state index >= 15 is 0 Å². The van der Waals surface area contributed by atoms with Crippen LogP contribution in [0.4, 0.5) is 0 Å². The summed E-state index contributed by atoms with van der Waals surface area (Å²) in [7, 11) is 0. The van der Waals surface area contributed by atoms with Crippen molar-refractivity contribution in [3.8, 4) is 0 Å². The van der Waals surface area contributed by atoms with Crippen molar-refractivity contribution >= 4 is 5.91 Å². The van der Waals surface area contributed by atoms with Gasteiger partial charge in [0, 0.05) is 24.8 Å².